The van der Waals surface area contributed by atoms with E-state index in [4.69, 9.17) is 10.5 Å². The van der Waals surface area contributed by atoms with Gasteiger partial charge in [-0.3, -0.25) is 0 Å². The van der Waals surface area contributed by atoms with Crippen LogP contribution in [0.5, 0.6) is 0 Å². The maximum atomic E-state index is 10.6. The second-order valence-electron chi connectivity index (χ2n) is 2.12. The number of nitrogens with two attached hydrogens (primary N) is 1. The van der Waals surface area contributed by atoms with Gasteiger partial charge in [-0.15, -0.1) is 0 Å². The molecule has 0 aromatic rings. The Morgan fingerprint density at radius 3 is 2.70 bits per heavy atom. The summed E-state index contributed by atoms with van der Waals surface area (Å²) in [7, 11) is 1.69. The van der Waals surface area contributed by atoms with Gasteiger partial charge in [0.25, 0.3) is 0 Å². The fourth-order valence-electron chi connectivity index (χ4n) is 0.772. The van der Waals surface area contributed by atoms with Gasteiger partial charge in [0.2, 0.25) is 0 Å². The van der Waals surface area contributed by atoms with Gasteiger partial charge >= 0.3 is 6.09 Å². The molecule has 1 aliphatic rings. The van der Waals surface area contributed by atoms with Gasteiger partial charge in [0, 0.05) is 13.6 Å². The number of amides is 1. The van der Waals surface area contributed by atoms with Crippen molar-refractivity contribution >= 4 is 6.09 Å². The third kappa shape index (κ3) is 1.60. The number of rotatable bonds is 1. The SMILES string of the molecule is C.CN1CC(CN)OC1=O. The van der Waals surface area contributed by atoms with E-state index in [0.717, 1.165) is 0 Å². The standard InChI is InChI=1S/C5H10N2O2.CH4/c1-7-3-4(2-6)9-5(7)8;/h4H,2-3,6H2,1H3;1H4. The van der Waals surface area contributed by atoms with E-state index in [1.54, 1.807) is 7.05 Å². The first-order chi connectivity index (χ1) is 4.24. The summed E-state index contributed by atoms with van der Waals surface area (Å²) in [6.07, 6.45) is -0.368. The molecular weight excluding hydrogens is 132 g/mol. The Kier molecular flexibility index (Phi) is 3.15. The highest BCUT2D eigenvalue weighted by Crippen LogP contribution is 2.06. The third-order valence-corrected chi connectivity index (χ3v) is 1.32. The Balaban J connectivity index is 0.000000810. The van der Waals surface area contributed by atoms with E-state index in [1.165, 1.54) is 4.90 Å². The summed E-state index contributed by atoms with van der Waals surface area (Å²) in [5.74, 6) is 0. The molecule has 0 aromatic carbocycles. The predicted molar refractivity (Wildman–Crippen MR) is 38.7 cm³/mol. The molecule has 0 saturated carbocycles. The van der Waals surface area contributed by atoms with Crippen LogP contribution in [0.4, 0.5) is 4.79 Å². The van der Waals surface area contributed by atoms with E-state index in [2.05, 4.69) is 0 Å². The summed E-state index contributed by atoms with van der Waals surface area (Å²) in [4.78, 5) is 12.1. The Hall–Kier alpha value is -0.770. The molecule has 1 fully saturated rings. The normalized spacial score (nSPS) is 24.0. The maximum Gasteiger partial charge on any atom is 0.410 e. The zero-order valence-electron chi connectivity index (χ0n) is 5.33. The van der Waals surface area contributed by atoms with Crippen molar-refractivity contribution in [3.8, 4) is 0 Å². The van der Waals surface area contributed by atoms with Gasteiger partial charge in [0.1, 0.15) is 6.10 Å². The lowest BCUT2D eigenvalue weighted by molar-refractivity contribution is 0.137. The van der Waals surface area contributed by atoms with Crippen molar-refractivity contribution in [2.24, 2.45) is 5.73 Å². The minimum Gasteiger partial charge on any atom is -0.443 e. The van der Waals surface area contributed by atoms with Crippen LogP contribution >= 0.6 is 0 Å². The summed E-state index contributed by atoms with van der Waals surface area (Å²) in [6, 6.07) is 0. The van der Waals surface area contributed by atoms with Crippen LogP contribution < -0.4 is 5.73 Å². The second-order valence-corrected chi connectivity index (χ2v) is 2.12. The summed E-state index contributed by atoms with van der Waals surface area (Å²) >= 11 is 0. The van der Waals surface area contributed by atoms with Gasteiger partial charge in [-0.05, 0) is 0 Å². The van der Waals surface area contributed by atoms with Crippen molar-refractivity contribution in [1.82, 2.24) is 4.90 Å². The summed E-state index contributed by atoms with van der Waals surface area (Å²) in [5, 5.41) is 0. The molecule has 4 nitrogen and oxygen atoms in total. The number of cyclic esters (lactones) is 1. The molecule has 60 valence electrons. The highest BCUT2D eigenvalue weighted by atomic mass is 16.6. The molecule has 1 heterocycles. The van der Waals surface area contributed by atoms with E-state index in [9.17, 15) is 4.79 Å². The first-order valence-corrected chi connectivity index (χ1v) is 2.86. The quantitative estimate of drug-likeness (QED) is 0.568. The van der Waals surface area contributed by atoms with Crippen LogP contribution in [0.15, 0.2) is 0 Å². The van der Waals surface area contributed by atoms with Crippen molar-refractivity contribution in [3.05, 3.63) is 0 Å². The second kappa shape index (κ2) is 3.41. The Bertz CT molecular complexity index is 127. The summed E-state index contributed by atoms with van der Waals surface area (Å²) in [6.45, 7) is 1.03. The number of hydrogen-bond acceptors (Lipinski definition) is 3. The van der Waals surface area contributed by atoms with Crippen LogP contribution in [0.3, 0.4) is 0 Å². The lowest BCUT2D eigenvalue weighted by Gasteiger charge is -2.01. The lowest BCUT2D eigenvalue weighted by Crippen LogP contribution is -2.24. The molecule has 0 bridgehead atoms. The van der Waals surface area contributed by atoms with Gasteiger partial charge in [0.15, 0.2) is 0 Å². The van der Waals surface area contributed by atoms with E-state index in [-0.39, 0.29) is 19.6 Å². The van der Waals surface area contributed by atoms with Gasteiger partial charge in [0.05, 0.1) is 6.54 Å². The summed E-state index contributed by atoms with van der Waals surface area (Å²) in [5.41, 5.74) is 5.25. The smallest absolute Gasteiger partial charge is 0.410 e. The molecule has 10 heavy (non-hydrogen) atoms. The number of carbonyl (C=O) groups excluding carboxylic acids is 1. The fraction of sp³-hybridized carbons (Fsp3) is 0.833. The number of ether oxygens (including phenoxy) is 1. The molecule has 1 rings (SSSR count). The maximum absolute atomic E-state index is 10.6. The number of carbonyl (C=O) groups is 1. The molecule has 1 atom stereocenters. The van der Waals surface area contributed by atoms with Crippen LogP contribution in [0, 0.1) is 0 Å². The van der Waals surface area contributed by atoms with E-state index < -0.39 is 0 Å². The molecule has 1 amide bonds. The number of hydrogen-bond donors (Lipinski definition) is 1. The average Bonchev–Trinajstić information content (AvgIpc) is 2.13. The van der Waals surface area contributed by atoms with Crippen molar-refractivity contribution in [1.29, 1.82) is 0 Å². The lowest BCUT2D eigenvalue weighted by atomic mass is 10.4. The monoisotopic (exact) mass is 146 g/mol. The Labute approximate surface area is 60.9 Å². The zero-order valence-corrected chi connectivity index (χ0v) is 5.33. The van der Waals surface area contributed by atoms with Crippen LogP contribution in [-0.2, 0) is 4.74 Å². The highest BCUT2D eigenvalue weighted by Gasteiger charge is 2.26. The van der Waals surface area contributed by atoms with Crippen molar-refractivity contribution in [2.75, 3.05) is 20.1 Å². The molecule has 2 N–H and O–H groups in total. The largest absolute Gasteiger partial charge is 0.443 e. The van der Waals surface area contributed by atoms with Crippen molar-refractivity contribution in [3.63, 3.8) is 0 Å². The van der Waals surface area contributed by atoms with Gasteiger partial charge < -0.3 is 15.4 Å². The molecular formula is C6H14N2O2. The Morgan fingerprint density at radius 1 is 1.90 bits per heavy atom. The topological polar surface area (TPSA) is 55.6 Å². The minimum absolute atomic E-state index is 0. The molecule has 0 aliphatic carbocycles. The predicted octanol–water partition coefficient (Wildman–Crippen LogP) is 0.0318. The molecule has 1 saturated heterocycles. The van der Waals surface area contributed by atoms with E-state index in [1.807, 2.05) is 0 Å². The van der Waals surface area contributed by atoms with Crippen molar-refractivity contribution < 1.29 is 9.53 Å². The van der Waals surface area contributed by atoms with Crippen LogP contribution in [0.2, 0.25) is 0 Å². The zero-order chi connectivity index (χ0) is 6.85. The molecule has 1 unspecified atom stereocenters. The number of nitrogens with zero attached hydrogens (tertiary/aromatic N) is 1. The van der Waals surface area contributed by atoms with Crippen LogP contribution in [-0.4, -0.2) is 37.2 Å². The van der Waals surface area contributed by atoms with E-state index in [0.29, 0.717) is 13.1 Å². The highest BCUT2D eigenvalue weighted by molar-refractivity contribution is 5.69. The molecule has 0 radical (unpaired) electrons. The number of likely N-dealkylation sites (N-methyl/N-ethyl adjacent to an activating group) is 1. The van der Waals surface area contributed by atoms with Crippen LogP contribution in [0.25, 0.3) is 0 Å². The van der Waals surface area contributed by atoms with Crippen LogP contribution in [0.1, 0.15) is 7.43 Å². The van der Waals surface area contributed by atoms with Crippen molar-refractivity contribution in [2.45, 2.75) is 13.5 Å². The first kappa shape index (κ1) is 9.23. The molecule has 0 aromatic heterocycles. The summed E-state index contributed by atoms with van der Waals surface area (Å²) < 4.78 is 4.78. The molecule has 0 spiro atoms. The third-order valence-electron chi connectivity index (χ3n) is 1.32. The van der Waals surface area contributed by atoms with Gasteiger partial charge in [-0.2, -0.15) is 0 Å². The van der Waals surface area contributed by atoms with E-state index >= 15 is 0 Å². The minimum atomic E-state index is -0.273. The first-order valence-electron chi connectivity index (χ1n) is 2.86. The molecule has 4 heteroatoms. The average molecular weight is 146 g/mol. The molecule has 1 aliphatic heterocycles. The Morgan fingerprint density at radius 2 is 2.50 bits per heavy atom. The van der Waals surface area contributed by atoms with Gasteiger partial charge in [-0.1, -0.05) is 7.43 Å². The fourth-order valence-corrected chi connectivity index (χ4v) is 0.772. The van der Waals surface area contributed by atoms with Gasteiger partial charge in [-0.25, -0.2) is 4.79 Å².